The van der Waals surface area contributed by atoms with E-state index in [1.807, 2.05) is 0 Å². The third-order valence-electron chi connectivity index (χ3n) is 2.10. The van der Waals surface area contributed by atoms with Gasteiger partial charge in [-0.05, 0) is 17.7 Å². The molecular weight excluding hydrogens is 202 g/mol. The number of aliphatic hydroxyl groups is 1. The topological polar surface area (TPSA) is 81.8 Å². The Balaban J connectivity index is 2.19. The highest BCUT2D eigenvalue weighted by atomic mass is 16.7. The van der Waals surface area contributed by atoms with Crippen LogP contribution in [-0.4, -0.2) is 23.4 Å². The van der Waals surface area contributed by atoms with E-state index in [9.17, 15) is 15.2 Å². The molecule has 0 aromatic heterocycles. The number of nitro groups is 1. The molecule has 1 aliphatic heterocycles. The Morgan fingerprint density at radius 3 is 2.93 bits per heavy atom. The van der Waals surface area contributed by atoms with Crippen LogP contribution >= 0.6 is 0 Å². The fourth-order valence-electron chi connectivity index (χ4n) is 1.37. The van der Waals surface area contributed by atoms with Crippen LogP contribution in [-0.2, 0) is 0 Å². The summed E-state index contributed by atoms with van der Waals surface area (Å²) in [7, 11) is 0. The fraction of sp³-hybridized carbons (Fsp3) is 0.333. The number of rotatable bonds is 3. The number of benzene rings is 1. The van der Waals surface area contributed by atoms with E-state index in [1.54, 1.807) is 18.2 Å². The number of aliphatic hydroxyl groups excluding tert-OH is 1. The smallest absolute Gasteiger partial charge is 0.233 e. The first-order valence-corrected chi connectivity index (χ1v) is 4.36. The summed E-state index contributed by atoms with van der Waals surface area (Å²) in [5.74, 6) is 1.10. The quantitative estimate of drug-likeness (QED) is 0.588. The van der Waals surface area contributed by atoms with E-state index in [0.29, 0.717) is 17.1 Å². The van der Waals surface area contributed by atoms with Gasteiger partial charge in [0.15, 0.2) is 11.5 Å². The second-order valence-corrected chi connectivity index (χ2v) is 3.14. The first kappa shape index (κ1) is 9.72. The van der Waals surface area contributed by atoms with Crippen molar-refractivity contribution in [3.05, 3.63) is 33.9 Å². The summed E-state index contributed by atoms with van der Waals surface area (Å²) in [6.45, 7) is -0.371. The minimum Gasteiger partial charge on any atom is -0.454 e. The van der Waals surface area contributed by atoms with Crippen molar-refractivity contribution in [1.82, 2.24) is 0 Å². The van der Waals surface area contributed by atoms with Crippen LogP contribution in [0.3, 0.4) is 0 Å². The SMILES string of the molecule is O=[N+]([O-])C[C@@H](O)c1ccc2c(c1)OCO2. The van der Waals surface area contributed by atoms with Gasteiger partial charge >= 0.3 is 0 Å². The molecule has 0 bridgehead atoms. The van der Waals surface area contributed by atoms with Gasteiger partial charge in [0, 0.05) is 4.92 Å². The van der Waals surface area contributed by atoms with E-state index in [-0.39, 0.29) is 6.79 Å². The fourth-order valence-corrected chi connectivity index (χ4v) is 1.37. The van der Waals surface area contributed by atoms with Gasteiger partial charge in [-0.2, -0.15) is 0 Å². The molecule has 0 unspecified atom stereocenters. The first-order chi connectivity index (χ1) is 7.16. The van der Waals surface area contributed by atoms with Crippen LogP contribution in [0, 0.1) is 10.1 Å². The maximum absolute atomic E-state index is 10.2. The van der Waals surface area contributed by atoms with Crippen molar-refractivity contribution in [3.63, 3.8) is 0 Å². The summed E-state index contributed by atoms with van der Waals surface area (Å²) in [6, 6.07) is 4.76. The molecule has 1 aliphatic rings. The zero-order valence-corrected chi connectivity index (χ0v) is 7.75. The van der Waals surface area contributed by atoms with Crippen LogP contribution < -0.4 is 9.47 Å². The highest BCUT2D eigenvalue weighted by Gasteiger charge is 2.19. The molecule has 6 heteroatoms. The van der Waals surface area contributed by atoms with Gasteiger partial charge in [0.05, 0.1) is 0 Å². The summed E-state index contributed by atoms with van der Waals surface area (Å²) < 4.78 is 10.2. The van der Waals surface area contributed by atoms with E-state index in [0.717, 1.165) is 0 Å². The summed E-state index contributed by atoms with van der Waals surface area (Å²) in [6.07, 6.45) is -1.12. The molecule has 1 N–H and O–H groups in total. The van der Waals surface area contributed by atoms with Gasteiger partial charge in [0.2, 0.25) is 13.3 Å². The largest absolute Gasteiger partial charge is 0.454 e. The molecule has 0 radical (unpaired) electrons. The molecule has 15 heavy (non-hydrogen) atoms. The van der Waals surface area contributed by atoms with E-state index < -0.39 is 17.6 Å². The van der Waals surface area contributed by atoms with Gasteiger partial charge in [-0.15, -0.1) is 0 Å². The van der Waals surface area contributed by atoms with Gasteiger partial charge < -0.3 is 14.6 Å². The Labute approximate surface area is 85.2 Å². The molecule has 80 valence electrons. The Hall–Kier alpha value is -1.82. The molecule has 1 aromatic carbocycles. The normalized spacial score (nSPS) is 15.0. The van der Waals surface area contributed by atoms with E-state index in [2.05, 4.69) is 0 Å². The minimum atomic E-state index is -1.12. The summed E-state index contributed by atoms with van der Waals surface area (Å²) in [5, 5.41) is 19.7. The maximum Gasteiger partial charge on any atom is 0.233 e. The van der Waals surface area contributed by atoms with Crippen molar-refractivity contribution in [3.8, 4) is 11.5 Å². The number of ether oxygens (including phenoxy) is 2. The van der Waals surface area contributed by atoms with Crippen molar-refractivity contribution in [2.75, 3.05) is 13.3 Å². The Morgan fingerprint density at radius 2 is 2.20 bits per heavy atom. The van der Waals surface area contributed by atoms with Crippen molar-refractivity contribution in [1.29, 1.82) is 0 Å². The van der Waals surface area contributed by atoms with Crippen LogP contribution in [0.15, 0.2) is 18.2 Å². The molecule has 1 heterocycles. The molecule has 1 aromatic rings. The highest BCUT2D eigenvalue weighted by Crippen LogP contribution is 2.34. The maximum atomic E-state index is 10.2. The van der Waals surface area contributed by atoms with Crippen molar-refractivity contribution < 1.29 is 19.5 Å². The molecule has 6 nitrogen and oxygen atoms in total. The Kier molecular flexibility index (Phi) is 2.42. The standard InChI is InChI=1S/C9H9NO5/c11-7(4-10(12)13)6-1-2-8-9(3-6)15-5-14-8/h1-3,7,11H,4-5H2/t7-/m1/s1. The van der Waals surface area contributed by atoms with Gasteiger partial charge in [-0.1, -0.05) is 6.07 Å². The van der Waals surface area contributed by atoms with Gasteiger partial charge in [0.25, 0.3) is 0 Å². The number of nitrogens with zero attached hydrogens (tertiary/aromatic N) is 1. The van der Waals surface area contributed by atoms with E-state index in [4.69, 9.17) is 9.47 Å². The van der Waals surface area contributed by atoms with Crippen molar-refractivity contribution in [2.24, 2.45) is 0 Å². The third kappa shape index (κ3) is 1.99. The van der Waals surface area contributed by atoms with Crippen LogP contribution in [0.25, 0.3) is 0 Å². The van der Waals surface area contributed by atoms with E-state index in [1.165, 1.54) is 0 Å². The number of fused-ring (bicyclic) bond motifs is 1. The lowest BCUT2D eigenvalue weighted by Gasteiger charge is -2.06. The molecule has 0 saturated heterocycles. The summed E-state index contributed by atoms with van der Waals surface area (Å²) in [4.78, 5) is 9.65. The lowest BCUT2D eigenvalue weighted by atomic mass is 10.1. The Morgan fingerprint density at radius 1 is 1.47 bits per heavy atom. The minimum absolute atomic E-state index is 0.143. The summed E-state index contributed by atoms with van der Waals surface area (Å²) in [5.41, 5.74) is 0.455. The average Bonchev–Trinajstić information content (AvgIpc) is 2.62. The average molecular weight is 211 g/mol. The predicted molar refractivity (Wildman–Crippen MR) is 49.4 cm³/mol. The highest BCUT2D eigenvalue weighted by molar-refractivity contribution is 5.45. The molecule has 0 fully saturated rings. The first-order valence-electron chi connectivity index (χ1n) is 4.36. The molecule has 0 amide bonds. The molecular formula is C9H9NO5. The second-order valence-electron chi connectivity index (χ2n) is 3.14. The molecule has 1 atom stereocenters. The third-order valence-corrected chi connectivity index (χ3v) is 2.10. The number of hydrogen-bond donors (Lipinski definition) is 1. The van der Waals surface area contributed by atoms with Crippen LogP contribution in [0.4, 0.5) is 0 Å². The lowest BCUT2D eigenvalue weighted by Crippen LogP contribution is -2.11. The predicted octanol–water partition coefficient (Wildman–Crippen LogP) is 0.725. The second kappa shape index (κ2) is 3.74. The van der Waals surface area contributed by atoms with Crippen LogP contribution in [0.5, 0.6) is 11.5 Å². The summed E-state index contributed by atoms with van der Waals surface area (Å²) >= 11 is 0. The molecule has 2 rings (SSSR count). The lowest BCUT2D eigenvalue weighted by molar-refractivity contribution is -0.491. The van der Waals surface area contributed by atoms with Crippen LogP contribution in [0.2, 0.25) is 0 Å². The zero-order chi connectivity index (χ0) is 10.8. The van der Waals surface area contributed by atoms with Crippen LogP contribution in [0.1, 0.15) is 11.7 Å². The molecule has 0 aliphatic carbocycles. The van der Waals surface area contributed by atoms with Crippen molar-refractivity contribution in [2.45, 2.75) is 6.10 Å². The Bertz CT molecular complexity index is 392. The molecule has 0 saturated carbocycles. The van der Waals surface area contributed by atoms with Crippen molar-refractivity contribution >= 4 is 0 Å². The zero-order valence-electron chi connectivity index (χ0n) is 7.75. The monoisotopic (exact) mass is 211 g/mol. The molecule has 0 spiro atoms. The van der Waals surface area contributed by atoms with Gasteiger partial charge in [-0.3, -0.25) is 10.1 Å². The number of hydrogen-bond acceptors (Lipinski definition) is 5. The van der Waals surface area contributed by atoms with Gasteiger partial charge in [-0.25, -0.2) is 0 Å². The van der Waals surface area contributed by atoms with Gasteiger partial charge in [0.1, 0.15) is 6.10 Å². The van der Waals surface area contributed by atoms with E-state index >= 15 is 0 Å².